The van der Waals surface area contributed by atoms with Crippen LogP contribution in [0.1, 0.15) is 46.3 Å². The van der Waals surface area contributed by atoms with E-state index in [-0.39, 0.29) is 17.9 Å². The maximum atomic E-state index is 14.4. The van der Waals surface area contributed by atoms with Gasteiger partial charge >= 0.3 is 12.1 Å². The molecule has 2 unspecified atom stereocenters. The van der Waals surface area contributed by atoms with Gasteiger partial charge in [0.1, 0.15) is 18.2 Å². The zero-order valence-electron chi connectivity index (χ0n) is 25.4. The summed E-state index contributed by atoms with van der Waals surface area (Å²) in [7, 11) is 1.35. The predicted octanol–water partition coefficient (Wildman–Crippen LogP) is 7.74. The van der Waals surface area contributed by atoms with Crippen molar-refractivity contribution in [3.63, 3.8) is 0 Å². The molecule has 5 aromatic rings. The van der Waals surface area contributed by atoms with Gasteiger partial charge < -0.3 is 19.9 Å². The first-order valence-electron chi connectivity index (χ1n) is 14.5. The van der Waals surface area contributed by atoms with Crippen molar-refractivity contribution in [2.75, 3.05) is 19.0 Å². The Bertz CT molecular complexity index is 1840. The number of nitrogens with zero attached hydrogens (tertiary/aromatic N) is 2. The monoisotopic (exact) mass is 635 g/mol. The molecule has 5 rings (SSSR count). The van der Waals surface area contributed by atoms with Gasteiger partial charge in [-0.3, -0.25) is 0 Å². The Balaban J connectivity index is 1.39. The van der Waals surface area contributed by atoms with Gasteiger partial charge in [0.2, 0.25) is 0 Å². The van der Waals surface area contributed by atoms with E-state index in [2.05, 4.69) is 10.4 Å². The first kappa shape index (κ1) is 32.5. The molecule has 0 aliphatic rings. The number of methoxy groups -OCH3 is 1. The second kappa shape index (κ2) is 13.2. The van der Waals surface area contributed by atoms with E-state index >= 15 is 0 Å². The molecule has 1 aromatic heterocycles. The lowest BCUT2D eigenvalue weighted by Crippen LogP contribution is -2.51. The standard InChI is InChI=1S/C35H33F4N3O4/c1-22-14-30(40-21-34(44,35(37,38)39)18-23(2)28-17-26(36)12-13-32(28)45-3)29-19-41-42(31(29)15-22)27-11-7-10-25(16-27)33(43)46-20-24-8-5-4-6-9-24/h4-17,19,23,40,44H,18,20-21H2,1-3H3. The molecule has 240 valence electrons. The number of halogens is 4. The van der Waals surface area contributed by atoms with Crippen LogP contribution in [-0.2, 0) is 11.3 Å². The highest BCUT2D eigenvalue weighted by atomic mass is 19.4. The zero-order valence-corrected chi connectivity index (χ0v) is 25.4. The maximum absolute atomic E-state index is 14.4. The number of fused-ring (bicyclic) bond motifs is 1. The van der Waals surface area contributed by atoms with Crippen LogP contribution in [-0.4, -0.2) is 46.3 Å². The quantitative estimate of drug-likeness (QED) is 0.114. The second-order valence-electron chi connectivity index (χ2n) is 11.3. The van der Waals surface area contributed by atoms with Gasteiger partial charge in [0, 0.05) is 11.1 Å². The molecule has 4 aromatic carbocycles. The minimum Gasteiger partial charge on any atom is -0.496 e. The van der Waals surface area contributed by atoms with Crippen LogP contribution in [0, 0.1) is 12.7 Å². The Morgan fingerprint density at radius 3 is 2.50 bits per heavy atom. The smallest absolute Gasteiger partial charge is 0.418 e. The summed E-state index contributed by atoms with van der Waals surface area (Å²) < 4.78 is 69.3. The van der Waals surface area contributed by atoms with Gasteiger partial charge in [-0.2, -0.15) is 18.3 Å². The third kappa shape index (κ3) is 6.99. The number of aliphatic hydroxyl groups is 1. The molecule has 0 aliphatic heterocycles. The minimum atomic E-state index is -5.00. The number of rotatable bonds is 11. The highest BCUT2D eigenvalue weighted by molar-refractivity contribution is 5.94. The summed E-state index contributed by atoms with van der Waals surface area (Å²) in [6.45, 7) is 2.51. The van der Waals surface area contributed by atoms with Crippen LogP contribution < -0.4 is 10.1 Å². The number of hydrogen-bond donors (Lipinski definition) is 2. The van der Waals surface area contributed by atoms with Crippen molar-refractivity contribution in [1.29, 1.82) is 0 Å². The maximum Gasteiger partial charge on any atom is 0.418 e. The molecule has 0 aliphatic carbocycles. The van der Waals surface area contributed by atoms with Gasteiger partial charge in [-0.1, -0.05) is 43.3 Å². The van der Waals surface area contributed by atoms with Crippen molar-refractivity contribution in [3.8, 4) is 11.4 Å². The lowest BCUT2D eigenvalue weighted by Gasteiger charge is -2.34. The fourth-order valence-electron chi connectivity index (χ4n) is 5.43. The molecule has 0 bridgehead atoms. The first-order valence-corrected chi connectivity index (χ1v) is 14.5. The number of ether oxygens (including phenoxy) is 2. The van der Waals surface area contributed by atoms with Gasteiger partial charge in [0.25, 0.3) is 0 Å². The topological polar surface area (TPSA) is 85.6 Å². The van der Waals surface area contributed by atoms with Crippen molar-refractivity contribution in [2.24, 2.45) is 0 Å². The van der Waals surface area contributed by atoms with Crippen molar-refractivity contribution in [2.45, 2.75) is 44.6 Å². The molecule has 1 heterocycles. The Morgan fingerprint density at radius 2 is 1.78 bits per heavy atom. The van der Waals surface area contributed by atoms with Gasteiger partial charge in [-0.25, -0.2) is 13.9 Å². The number of aryl methyl sites for hydroxylation is 1. The van der Waals surface area contributed by atoms with E-state index < -0.39 is 42.4 Å². The van der Waals surface area contributed by atoms with Crippen LogP contribution in [0.4, 0.5) is 23.2 Å². The van der Waals surface area contributed by atoms with E-state index in [1.807, 2.05) is 36.4 Å². The molecule has 0 fully saturated rings. The number of hydrogen-bond acceptors (Lipinski definition) is 6. The largest absolute Gasteiger partial charge is 0.496 e. The fourth-order valence-corrected chi connectivity index (χ4v) is 5.43. The van der Waals surface area contributed by atoms with Crippen LogP contribution >= 0.6 is 0 Å². The summed E-state index contributed by atoms with van der Waals surface area (Å²) >= 11 is 0. The van der Waals surface area contributed by atoms with Gasteiger partial charge in [-0.05, 0) is 84.5 Å². The van der Waals surface area contributed by atoms with Crippen LogP contribution in [0.15, 0.2) is 91.1 Å². The molecule has 0 radical (unpaired) electrons. The van der Waals surface area contributed by atoms with Gasteiger partial charge in [0.05, 0.1) is 36.6 Å². The summed E-state index contributed by atoms with van der Waals surface area (Å²) in [5.74, 6) is -1.80. The minimum absolute atomic E-state index is 0.113. The fraction of sp³-hybridized carbons (Fsp3) is 0.257. The lowest BCUT2D eigenvalue weighted by molar-refractivity contribution is -0.257. The summed E-state index contributed by atoms with van der Waals surface area (Å²) in [5.41, 5.74) is 0.390. The molecule has 0 amide bonds. The third-order valence-electron chi connectivity index (χ3n) is 7.84. The van der Waals surface area contributed by atoms with Crippen molar-refractivity contribution < 1.29 is 36.9 Å². The molecular formula is C35H33F4N3O4. The van der Waals surface area contributed by atoms with Crippen LogP contribution in [0.5, 0.6) is 5.75 Å². The van der Waals surface area contributed by atoms with Crippen LogP contribution in [0.3, 0.4) is 0 Å². The number of carbonyl (C=O) groups is 1. The van der Waals surface area contributed by atoms with E-state index in [0.717, 1.165) is 23.3 Å². The third-order valence-corrected chi connectivity index (χ3v) is 7.84. The number of nitrogens with one attached hydrogen (secondary N) is 1. The Hall–Kier alpha value is -4.90. The molecule has 7 nitrogen and oxygen atoms in total. The number of aromatic nitrogens is 2. The summed E-state index contributed by atoms with van der Waals surface area (Å²) in [6.07, 6.45) is -4.24. The van der Waals surface area contributed by atoms with Gasteiger partial charge in [0.15, 0.2) is 5.60 Å². The zero-order chi connectivity index (χ0) is 33.1. The normalized spacial score (nSPS) is 13.7. The molecule has 0 spiro atoms. The average Bonchev–Trinajstić information content (AvgIpc) is 3.46. The molecule has 2 atom stereocenters. The van der Waals surface area contributed by atoms with E-state index in [4.69, 9.17) is 9.47 Å². The van der Waals surface area contributed by atoms with Crippen molar-refractivity contribution in [3.05, 3.63) is 119 Å². The Kier molecular flexibility index (Phi) is 9.34. The van der Waals surface area contributed by atoms with E-state index in [1.165, 1.54) is 26.3 Å². The average molecular weight is 636 g/mol. The SMILES string of the molecule is COc1ccc(F)cc1C(C)CC(O)(CNc1cc(C)cc2c1cnn2-c1cccc(C(=O)OCc2ccccc2)c1)C(F)(F)F. The molecule has 11 heteroatoms. The number of esters is 1. The van der Waals surface area contributed by atoms with E-state index in [9.17, 15) is 27.5 Å². The molecule has 0 saturated heterocycles. The van der Waals surface area contributed by atoms with Crippen molar-refractivity contribution >= 4 is 22.6 Å². The van der Waals surface area contributed by atoms with E-state index in [1.54, 1.807) is 41.9 Å². The van der Waals surface area contributed by atoms with Crippen molar-refractivity contribution in [1.82, 2.24) is 9.78 Å². The van der Waals surface area contributed by atoms with Gasteiger partial charge in [-0.15, -0.1) is 0 Å². The number of alkyl halides is 3. The number of benzene rings is 4. The molecule has 2 N–H and O–H groups in total. The van der Waals surface area contributed by atoms with E-state index in [0.29, 0.717) is 27.8 Å². The number of anilines is 1. The Labute approximate surface area is 263 Å². The molecule has 0 saturated carbocycles. The lowest BCUT2D eigenvalue weighted by atomic mass is 9.85. The highest BCUT2D eigenvalue weighted by Crippen LogP contribution is 2.41. The summed E-state index contributed by atoms with van der Waals surface area (Å²) in [5, 5.41) is 18.8. The molecular weight excluding hydrogens is 602 g/mol. The highest BCUT2D eigenvalue weighted by Gasteiger charge is 2.54. The first-order chi connectivity index (χ1) is 21.9. The van der Waals surface area contributed by atoms with Crippen LogP contribution in [0.2, 0.25) is 0 Å². The predicted molar refractivity (Wildman–Crippen MR) is 167 cm³/mol. The Morgan fingerprint density at radius 1 is 1.02 bits per heavy atom. The van der Waals surface area contributed by atoms with Crippen LogP contribution in [0.25, 0.3) is 16.6 Å². The summed E-state index contributed by atoms with van der Waals surface area (Å²) in [6, 6.07) is 23.1. The molecule has 46 heavy (non-hydrogen) atoms. The summed E-state index contributed by atoms with van der Waals surface area (Å²) in [4.78, 5) is 12.8. The number of carbonyl (C=O) groups excluding carboxylic acids is 1. The second-order valence-corrected chi connectivity index (χ2v) is 11.3.